The van der Waals surface area contributed by atoms with Crippen LogP contribution in [0.15, 0.2) is 24.3 Å². The average Bonchev–Trinajstić information content (AvgIpc) is 2.42. The van der Waals surface area contributed by atoms with Crippen molar-refractivity contribution in [1.82, 2.24) is 9.97 Å². The molecule has 0 amide bonds. The van der Waals surface area contributed by atoms with Gasteiger partial charge in [0.25, 0.3) is 0 Å². The van der Waals surface area contributed by atoms with Crippen LogP contribution in [0.2, 0.25) is 0 Å². The first-order valence-electron chi connectivity index (χ1n) is 6.70. The van der Waals surface area contributed by atoms with Crippen LogP contribution in [-0.4, -0.2) is 9.97 Å². The number of hydrazine groups is 1. The number of nitrogens with one attached hydrogen (secondary N) is 2. The number of benzene rings is 1. The van der Waals surface area contributed by atoms with Gasteiger partial charge >= 0.3 is 0 Å². The molecule has 1 heterocycles. The molecular formula is C15H20FN5. The van der Waals surface area contributed by atoms with E-state index in [1.807, 2.05) is 27.7 Å². The van der Waals surface area contributed by atoms with Gasteiger partial charge < -0.3 is 10.7 Å². The van der Waals surface area contributed by atoms with Crippen LogP contribution in [0.5, 0.6) is 0 Å². The van der Waals surface area contributed by atoms with Crippen LogP contribution in [0.3, 0.4) is 0 Å². The van der Waals surface area contributed by atoms with Crippen molar-refractivity contribution in [2.45, 2.75) is 33.1 Å². The maximum Gasteiger partial charge on any atom is 0.148 e. The van der Waals surface area contributed by atoms with Gasteiger partial charge in [-0.3, -0.25) is 0 Å². The van der Waals surface area contributed by atoms with Gasteiger partial charge in [-0.25, -0.2) is 20.2 Å². The smallest absolute Gasteiger partial charge is 0.148 e. The minimum absolute atomic E-state index is 0.245. The fraction of sp³-hybridized carbons (Fsp3) is 0.333. The van der Waals surface area contributed by atoms with Crippen molar-refractivity contribution in [3.05, 3.63) is 41.5 Å². The summed E-state index contributed by atoms with van der Waals surface area (Å²) < 4.78 is 13.8. The third-order valence-corrected chi connectivity index (χ3v) is 3.08. The molecule has 0 saturated heterocycles. The molecule has 112 valence electrons. The second-order valence-electron chi connectivity index (χ2n) is 5.87. The predicted molar refractivity (Wildman–Crippen MR) is 83.0 cm³/mol. The molecule has 2 aromatic rings. The summed E-state index contributed by atoms with van der Waals surface area (Å²) in [6, 6.07) is 6.45. The molecule has 0 atom stereocenters. The Kier molecular flexibility index (Phi) is 4.09. The molecule has 0 aliphatic carbocycles. The Bertz CT molecular complexity index is 649. The van der Waals surface area contributed by atoms with E-state index in [2.05, 4.69) is 20.7 Å². The topological polar surface area (TPSA) is 75.9 Å². The quantitative estimate of drug-likeness (QED) is 0.597. The molecule has 0 aliphatic heterocycles. The lowest BCUT2D eigenvalue weighted by Gasteiger charge is -2.20. The molecule has 21 heavy (non-hydrogen) atoms. The molecule has 2 rings (SSSR count). The second kappa shape index (κ2) is 5.65. The zero-order chi connectivity index (χ0) is 15.6. The summed E-state index contributed by atoms with van der Waals surface area (Å²) in [5, 5.41) is 3.01. The molecule has 5 nitrogen and oxygen atoms in total. The summed E-state index contributed by atoms with van der Waals surface area (Å²) in [6.45, 7) is 7.84. The molecular weight excluding hydrogens is 269 g/mol. The Hall–Kier alpha value is -2.21. The van der Waals surface area contributed by atoms with E-state index in [1.165, 1.54) is 6.07 Å². The fourth-order valence-electron chi connectivity index (χ4n) is 1.80. The van der Waals surface area contributed by atoms with Gasteiger partial charge in [0, 0.05) is 11.0 Å². The summed E-state index contributed by atoms with van der Waals surface area (Å²) in [6.07, 6.45) is 0. The van der Waals surface area contributed by atoms with Gasteiger partial charge in [0.15, 0.2) is 0 Å². The first-order valence-corrected chi connectivity index (χ1v) is 6.70. The largest absolute Gasteiger partial charge is 0.337 e. The van der Waals surface area contributed by atoms with Crippen molar-refractivity contribution in [1.29, 1.82) is 0 Å². The van der Waals surface area contributed by atoms with Crippen LogP contribution in [0.4, 0.5) is 21.7 Å². The number of aromatic nitrogens is 2. The van der Waals surface area contributed by atoms with Gasteiger partial charge in [-0.15, -0.1) is 0 Å². The average molecular weight is 289 g/mol. The van der Waals surface area contributed by atoms with Crippen LogP contribution in [0, 0.1) is 12.7 Å². The van der Waals surface area contributed by atoms with Gasteiger partial charge in [0.2, 0.25) is 0 Å². The Morgan fingerprint density at radius 1 is 1.10 bits per heavy atom. The third kappa shape index (κ3) is 3.28. The van der Waals surface area contributed by atoms with Crippen molar-refractivity contribution in [3.63, 3.8) is 0 Å². The minimum Gasteiger partial charge on any atom is -0.337 e. The molecule has 0 bridgehead atoms. The zero-order valence-electron chi connectivity index (χ0n) is 12.7. The number of nitrogen functional groups attached to an aromatic ring is 1. The highest BCUT2D eigenvalue weighted by molar-refractivity contribution is 5.65. The minimum atomic E-state index is -0.338. The molecule has 0 saturated carbocycles. The lowest BCUT2D eigenvalue weighted by molar-refractivity contribution is 0.546. The maximum atomic E-state index is 13.8. The Morgan fingerprint density at radius 3 is 2.29 bits per heavy atom. The Balaban J connectivity index is 2.50. The van der Waals surface area contributed by atoms with Gasteiger partial charge in [-0.1, -0.05) is 32.9 Å². The number of hydrogen-bond acceptors (Lipinski definition) is 5. The van der Waals surface area contributed by atoms with Crippen LogP contribution in [0.1, 0.15) is 32.2 Å². The fourth-order valence-corrected chi connectivity index (χ4v) is 1.80. The zero-order valence-corrected chi connectivity index (χ0v) is 12.7. The van der Waals surface area contributed by atoms with Crippen molar-refractivity contribution < 1.29 is 4.39 Å². The van der Waals surface area contributed by atoms with E-state index in [0.29, 0.717) is 23.1 Å². The number of para-hydroxylation sites is 1. The lowest BCUT2D eigenvalue weighted by Crippen LogP contribution is -2.21. The normalized spacial score (nSPS) is 11.3. The standard InChI is InChI=1S/C15H20FN5/c1-9-12(18-11-8-6-5-7-10(11)16)19-14(15(2,3)4)20-13(9)21-17/h5-8H,17H2,1-4H3,(H2,18,19,20,21). The summed E-state index contributed by atoms with van der Waals surface area (Å²) in [5.74, 6) is 6.86. The van der Waals surface area contributed by atoms with E-state index in [4.69, 9.17) is 5.84 Å². The summed E-state index contributed by atoms with van der Waals surface area (Å²) in [5.41, 5.74) is 3.41. The monoisotopic (exact) mass is 289 g/mol. The summed E-state index contributed by atoms with van der Waals surface area (Å²) in [4.78, 5) is 8.91. The molecule has 0 fully saturated rings. The molecule has 0 unspecified atom stereocenters. The Labute approximate surface area is 123 Å². The van der Waals surface area contributed by atoms with Gasteiger partial charge in [0.1, 0.15) is 23.3 Å². The number of halogens is 1. The number of nitrogens with zero attached hydrogens (tertiary/aromatic N) is 2. The van der Waals surface area contributed by atoms with E-state index in [0.717, 1.165) is 5.56 Å². The first-order chi connectivity index (χ1) is 9.82. The number of anilines is 3. The second-order valence-corrected chi connectivity index (χ2v) is 5.87. The predicted octanol–water partition coefficient (Wildman–Crippen LogP) is 3.25. The molecule has 0 spiro atoms. The highest BCUT2D eigenvalue weighted by Crippen LogP contribution is 2.28. The third-order valence-electron chi connectivity index (χ3n) is 3.08. The Morgan fingerprint density at radius 2 is 1.71 bits per heavy atom. The van der Waals surface area contributed by atoms with Gasteiger partial charge in [-0.05, 0) is 19.1 Å². The molecule has 1 aromatic heterocycles. The highest BCUT2D eigenvalue weighted by Gasteiger charge is 2.21. The highest BCUT2D eigenvalue weighted by atomic mass is 19.1. The summed E-state index contributed by atoms with van der Waals surface area (Å²) >= 11 is 0. The number of rotatable bonds is 3. The molecule has 4 N–H and O–H groups in total. The first kappa shape index (κ1) is 15.2. The van der Waals surface area contributed by atoms with E-state index in [1.54, 1.807) is 18.2 Å². The molecule has 0 radical (unpaired) electrons. The summed E-state index contributed by atoms with van der Waals surface area (Å²) in [7, 11) is 0. The maximum absolute atomic E-state index is 13.8. The number of nitrogens with two attached hydrogens (primary N) is 1. The molecule has 1 aromatic carbocycles. The lowest BCUT2D eigenvalue weighted by atomic mass is 9.95. The van der Waals surface area contributed by atoms with E-state index < -0.39 is 0 Å². The van der Waals surface area contributed by atoms with Crippen LogP contribution in [-0.2, 0) is 5.41 Å². The SMILES string of the molecule is Cc1c(NN)nc(C(C)(C)C)nc1Nc1ccccc1F. The van der Waals surface area contributed by atoms with Crippen LogP contribution in [0.25, 0.3) is 0 Å². The van der Waals surface area contributed by atoms with Crippen molar-refractivity contribution in [2.24, 2.45) is 5.84 Å². The van der Waals surface area contributed by atoms with E-state index >= 15 is 0 Å². The van der Waals surface area contributed by atoms with Crippen molar-refractivity contribution in [3.8, 4) is 0 Å². The van der Waals surface area contributed by atoms with Gasteiger partial charge in [-0.2, -0.15) is 0 Å². The van der Waals surface area contributed by atoms with E-state index in [-0.39, 0.29) is 11.2 Å². The van der Waals surface area contributed by atoms with Crippen molar-refractivity contribution >= 4 is 17.3 Å². The molecule has 6 heteroatoms. The van der Waals surface area contributed by atoms with Crippen molar-refractivity contribution in [2.75, 3.05) is 10.7 Å². The number of hydrogen-bond donors (Lipinski definition) is 3. The molecule has 0 aliphatic rings. The van der Waals surface area contributed by atoms with Crippen LogP contribution >= 0.6 is 0 Å². The van der Waals surface area contributed by atoms with Gasteiger partial charge in [0.05, 0.1) is 5.69 Å². The van der Waals surface area contributed by atoms with Crippen LogP contribution < -0.4 is 16.6 Å². The van der Waals surface area contributed by atoms with E-state index in [9.17, 15) is 4.39 Å².